The molecule has 1 fully saturated rings. The number of hydrogen-bond acceptors (Lipinski definition) is 7. The summed E-state index contributed by atoms with van der Waals surface area (Å²) in [6, 6.07) is 5.15. The molecule has 0 unspecified atom stereocenters. The lowest BCUT2D eigenvalue weighted by Gasteiger charge is -2.32. The van der Waals surface area contributed by atoms with E-state index in [1.54, 1.807) is 6.92 Å². The lowest BCUT2D eigenvalue weighted by Crippen LogP contribution is -2.36. The molecule has 2 N–H and O–H groups in total. The maximum atomic E-state index is 15.7. The van der Waals surface area contributed by atoms with Crippen molar-refractivity contribution in [3.63, 3.8) is 0 Å². The Labute approximate surface area is 199 Å². The molecule has 1 aliphatic rings. The molecule has 0 bridgehead atoms. The van der Waals surface area contributed by atoms with Crippen LogP contribution in [0.3, 0.4) is 0 Å². The van der Waals surface area contributed by atoms with Gasteiger partial charge in [0.1, 0.15) is 23.0 Å². The number of halogens is 3. The van der Waals surface area contributed by atoms with Gasteiger partial charge in [-0.25, -0.2) is 23.7 Å². The van der Waals surface area contributed by atoms with Gasteiger partial charge in [-0.05, 0) is 49.9 Å². The second-order valence-electron chi connectivity index (χ2n) is 8.63. The quantitative estimate of drug-likeness (QED) is 0.429. The molecule has 0 saturated carbocycles. The number of fused-ring (bicyclic) bond motifs is 1. The van der Waals surface area contributed by atoms with E-state index in [9.17, 15) is 13.9 Å². The van der Waals surface area contributed by atoms with Crippen LogP contribution in [0.15, 0.2) is 42.9 Å². The molecular weight excluding hydrogens is 459 g/mol. The number of anilines is 2. The fourth-order valence-electron chi connectivity index (χ4n) is 4.22. The molecule has 1 aliphatic heterocycles. The van der Waals surface area contributed by atoms with Gasteiger partial charge >= 0.3 is 0 Å². The molecule has 1 atom stereocenters. The standard InChI is InChI=1S/C24H24F3N7O/c1-14(18-4-2-16(25)10-28-18)30-23-21(27)24(33-8-6-15(13-35)7-9-33)32-22(31-23)19-11-29-20-5-3-17(26)12-34(19)20/h2-5,10-12,14-15,35H,6-9,13H2,1H3,(H,30,31,32)/t14-/m0/s1. The van der Waals surface area contributed by atoms with E-state index in [-0.39, 0.29) is 30.0 Å². The first-order valence-electron chi connectivity index (χ1n) is 11.4. The summed E-state index contributed by atoms with van der Waals surface area (Å²) in [6.07, 6.45) is 5.29. The largest absolute Gasteiger partial charge is 0.396 e. The molecule has 35 heavy (non-hydrogen) atoms. The summed E-state index contributed by atoms with van der Waals surface area (Å²) in [5.41, 5.74) is 1.41. The summed E-state index contributed by atoms with van der Waals surface area (Å²) in [5.74, 6) is -1.17. The summed E-state index contributed by atoms with van der Waals surface area (Å²) in [5, 5.41) is 12.5. The molecular formula is C24H24F3N7O. The summed E-state index contributed by atoms with van der Waals surface area (Å²) in [4.78, 5) is 19.1. The van der Waals surface area contributed by atoms with Gasteiger partial charge in [-0.1, -0.05) is 0 Å². The van der Waals surface area contributed by atoms with E-state index in [0.717, 1.165) is 6.20 Å². The minimum Gasteiger partial charge on any atom is -0.396 e. The van der Waals surface area contributed by atoms with Gasteiger partial charge in [0, 0.05) is 25.9 Å². The number of pyridine rings is 2. The molecule has 4 aromatic heterocycles. The average molecular weight is 483 g/mol. The van der Waals surface area contributed by atoms with Crippen LogP contribution in [0.5, 0.6) is 0 Å². The van der Waals surface area contributed by atoms with Gasteiger partial charge in [-0.3, -0.25) is 9.38 Å². The van der Waals surface area contributed by atoms with Crippen molar-refractivity contribution in [3.05, 3.63) is 66.0 Å². The van der Waals surface area contributed by atoms with Crippen molar-refractivity contribution in [3.8, 4) is 11.5 Å². The summed E-state index contributed by atoms with van der Waals surface area (Å²) in [7, 11) is 0. The van der Waals surface area contributed by atoms with E-state index in [1.165, 1.54) is 41.1 Å². The number of piperidine rings is 1. The number of aliphatic hydroxyl groups excluding tert-OH is 1. The predicted molar refractivity (Wildman–Crippen MR) is 124 cm³/mol. The molecule has 4 aromatic rings. The van der Waals surface area contributed by atoms with E-state index in [0.29, 0.717) is 43.0 Å². The Balaban J connectivity index is 1.57. The zero-order valence-corrected chi connectivity index (χ0v) is 19.0. The molecule has 0 radical (unpaired) electrons. The first-order valence-corrected chi connectivity index (χ1v) is 11.4. The maximum Gasteiger partial charge on any atom is 0.207 e. The van der Waals surface area contributed by atoms with Crippen molar-refractivity contribution in [2.45, 2.75) is 25.8 Å². The number of nitrogens with one attached hydrogen (secondary N) is 1. The molecule has 5 heterocycles. The number of nitrogens with zero attached hydrogens (tertiary/aromatic N) is 6. The van der Waals surface area contributed by atoms with Gasteiger partial charge < -0.3 is 15.3 Å². The van der Waals surface area contributed by atoms with Crippen LogP contribution in [-0.2, 0) is 0 Å². The normalized spacial score (nSPS) is 15.5. The zero-order chi connectivity index (χ0) is 24.5. The second-order valence-corrected chi connectivity index (χ2v) is 8.63. The van der Waals surface area contributed by atoms with E-state index in [2.05, 4.69) is 25.3 Å². The monoisotopic (exact) mass is 483 g/mol. The third-order valence-corrected chi connectivity index (χ3v) is 6.25. The topological polar surface area (TPSA) is 91.5 Å². The second kappa shape index (κ2) is 9.49. The SMILES string of the molecule is C[C@H](Nc1nc(-c2cnc3ccc(F)cn23)nc(N2CCC(CO)CC2)c1F)c1ccc(F)cn1. The van der Waals surface area contributed by atoms with Crippen molar-refractivity contribution in [1.29, 1.82) is 0 Å². The summed E-state index contributed by atoms with van der Waals surface area (Å²) in [6.45, 7) is 2.90. The highest BCUT2D eigenvalue weighted by molar-refractivity contribution is 5.63. The Bertz CT molecular complexity index is 1340. The van der Waals surface area contributed by atoms with E-state index < -0.39 is 23.5 Å². The van der Waals surface area contributed by atoms with Crippen molar-refractivity contribution in [2.75, 3.05) is 29.9 Å². The zero-order valence-electron chi connectivity index (χ0n) is 19.0. The molecule has 11 heteroatoms. The number of imidazole rings is 1. The van der Waals surface area contributed by atoms with Crippen molar-refractivity contribution in [2.24, 2.45) is 5.92 Å². The number of rotatable bonds is 6. The van der Waals surface area contributed by atoms with Gasteiger partial charge in [-0.15, -0.1) is 0 Å². The minimum atomic E-state index is -0.634. The lowest BCUT2D eigenvalue weighted by atomic mass is 9.98. The Morgan fingerprint density at radius 1 is 1.03 bits per heavy atom. The van der Waals surface area contributed by atoms with Crippen LogP contribution >= 0.6 is 0 Å². The van der Waals surface area contributed by atoms with Crippen molar-refractivity contribution in [1.82, 2.24) is 24.3 Å². The molecule has 0 spiro atoms. The van der Waals surface area contributed by atoms with Crippen LogP contribution in [-0.4, -0.2) is 49.1 Å². The molecule has 8 nitrogen and oxygen atoms in total. The van der Waals surface area contributed by atoms with Crippen LogP contribution in [0.25, 0.3) is 17.2 Å². The Hall–Kier alpha value is -3.73. The fourth-order valence-corrected chi connectivity index (χ4v) is 4.22. The molecule has 0 aliphatic carbocycles. The third-order valence-electron chi connectivity index (χ3n) is 6.25. The Morgan fingerprint density at radius 2 is 1.80 bits per heavy atom. The summed E-state index contributed by atoms with van der Waals surface area (Å²) < 4.78 is 44.5. The molecule has 1 saturated heterocycles. The van der Waals surface area contributed by atoms with Crippen molar-refractivity contribution >= 4 is 17.3 Å². The predicted octanol–water partition coefficient (Wildman–Crippen LogP) is 3.99. The van der Waals surface area contributed by atoms with E-state index in [1.807, 2.05) is 4.90 Å². The maximum absolute atomic E-state index is 15.7. The van der Waals surface area contributed by atoms with Gasteiger partial charge in [0.05, 0.1) is 24.1 Å². The van der Waals surface area contributed by atoms with Gasteiger partial charge in [0.25, 0.3) is 0 Å². The smallest absolute Gasteiger partial charge is 0.207 e. The van der Waals surface area contributed by atoms with Crippen LogP contribution in [0.4, 0.5) is 24.8 Å². The number of aromatic nitrogens is 5. The highest BCUT2D eigenvalue weighted by atomic mass is 19.1. The van der Waals surface area contributed by atoms with Crippen LogP contribution in [0.1, 0.15) is 31.5 Å². The van der Waals surface area contributed by atoms with Crippen molar-refractivity contribution < 1.29 is 18.3 Å². The van der Waals surface area contributed by atoms with Gasteiger partial charge in [0.2, 0.25) is 5.82 Å². The van der Waals surface area contributed by atoms with Crippen LogP contribution < -0.4 is 10.2 Å². The molecule has 0 amide bonds. The minimum absolute atomic E-state index is 0.0562. The van der Waals surface area contributed by atoms with Crippen LogP contribution in [0.2, 0.25) is 0 Å². The number of hydrogen-bond donors (Lipinski definition) is 2. The van der Waals surface area contributed by atoms with E-state index in [4.69, 9.17) is 0 Å². The van der Waals surface area contributed by atoms with E-state index >= 15 is 4.39 Å². The lowest BCUT2D eigenvalue weighted by molar-refractivity contribution is 0.202. The average Bonchev–Trinajstić information content (AvgIpc) is 3.29. The molecule has 182 valence electrons. The fraction of sp³-hybridized carbons (Fsp3) is 0.333. The Morgan fingerprint density at radius 3 is 2.51 bits per heavy atom. The van der Waals surface area contributed by atoms with Gasteiger partial charge in [0.15, 0.2) is 17.5 Å². The summed E-state index contributed by atoms with van der Waals surface area (Å²) >= 11 is 0. The van der Waals surface area contributed by atoms with Crippen LogP contribution in [0, 0.1) is 23.4 Å². The third kappa shape index (κ3) is 4.63. The highest BCUT2D eigenvalue weighted by Gasteiger charge is 2.26. The molecule has 5 rings (SSSR count). The highest BCUT2D eigenvalue weighted by Crippen LogP contribution is 2.31. The Kier molecular flexibility index (Phi) is 6.25. The number of aliphatic hydroxyl groups is 1. The molecule has 0 aromatic carbocycles. The first-order chi connectivity index (χ1) is 16.9. The van der Waals surface area contributed by atoms with Gasteiger partial charge in [-0.2, -0.15) is 4.39 Å². The first kappa shape index (κ1) is 23.0.